The first-order chi connectivity index (χ1) is 6.86. The van der Waals surface area contributed by atoms with Gasteiger partial charge >= 0.3 is 0 Å². The van der Waals surface area contributed by atoms with Crippen molar-refractivity contribution >= 4 is 5.69 Å². The Hall–Kier alpha value is -1.49. The number of nitrogens with zero attached hydrogens (tertiary/aromatic N) is 2. The highest BCUT2D eigenvalue weighted by molar-refractivity contribution is 5.60. The largest absolute Gasteiger partial charge is 0.368 e. The van der Waals surface area contributed by atoms with E-state index < -0.39 is 0 Å². The maximum Gasteiger partial charge on any atom is 0.101 e. The van der Waals surface area contributed by atoms with Crippen LogP contribution in [0.1, 0.15) is 25.3 Å². The second-order valence-electron chi connectivity index (χ2n) is 3.65. The summed E-state index contributed by atoms with van der Waals surface area (Å²) >= 11 is 0. The van der Waals surface area contributed by atoms with Gasteiger partial charge in [0.05, 0.1) is 11.3 Å². The van der Waals surface area contributed by atoms with Crippen LogP contribution in [0.5, 0.6) is 0 Å². The van der Waals surface area contributed by atoms with Crippen LogP contribution in [0.4, 0.5) is 5.69 Å². The van der Waals surface area contributed by atoms with Crippen molar-refractivity contribution in [3.8, 4) is 6.07 Å². The summed E-state index contributed by atoms with van der Waals surface area (Å²) in [5.41, 5.74) is 1.89. The minimum atomic E-state index is 0.675. The molecule has 0 spiro atoms. The Morgan fingerprint density at radius 3 is 2.71 bits per heavy atom. The van der Waals surface area contributed by atoms with Gasteiger partial charge in [0.1, 0.15) is 6.07 Å². The third-order valence-corrected chi connectivity index (χ3v) is 2.66. The Balaban J connectivity index is 2.33. The Morgan fingerprint density at radius 1 is 1.43 bits per heavy atom. The molecule has 14 heavy (non-hydrogen) atoms. The SMILES string of the molecule is CCN(c1ccccc1C#N)C1CC1. The summed E-state index contributed by atoms with van der Waals surface area (Å²) in [6.07, 6.45) is 2.54. The van der Waals surface area contributed by atoms with Crippen LogP contribution in [0.15, 0.2) is 24.3 Å². The van der Waals surface area contributed by atoms with Crippen LogP contribution >= 0.6 is 0 Å². The van der Waals surface area contributed by atoms with Crippen molar-refractivity contribution in [2.75, 3.05) is 11.4 Å². The molecule has 1 aliphatic rings. The zero-order valence-corrected chi connectivity index (χ0v) is 8.40. The lowest BCUT2D eigenvalue weighted by Gasteiger charge is -2.23. The molecule has 1 fully saturated rings. The molecule has 1 aromatic rings. The Bertz CT molecular complexity index is 361. The van der Waals surface area contributed by atoms with E-state index in [1.807, 2.05) is 24.3 Å². The molecular formula is C12H14N2. The van der Waals surface area contributed by atoms with Gasteiger partial charge in [0.15, 0.2) is 0 Å². The monoisotopic (exact) mass is 186 g/mol. The van der Waals surface area contributed by atoms with E-state index in [4.69, 9.17) is 5.26 Å². The van der Waals surface area contributed by atoms with Gasteiger partial charge in [0.25, 0.3) is 0 Å². The number of hydrogen-bond acceptors (Lipinski definition) is 2. The first-order valence-corrected chi connectivity index (χ1v) is 5.12. The topological polar surface area (TPSA) is 27.0 Å². The van der Waals surface area contributed by atoms with Crippen molar-refractivity contribution in [2.45, 2.75) is 25.8 Å². The predicted octanol–water partition coefficient (Wildman–Crippen LogP) is 2.55. The van der Waals surface area contributed by atoms with Crippen LogP contribution in [-0.2, 0) is 0 Å². The summed E-state index contributed by atoms with van der Waals surface area (Å²) in [6.45, 7) is 3.13. The smallest absolute Gasteiger partial charge is 0.101 e. The summed E-state index contributed by atoms with van der Waals surface area (Å²) in [5, 5.41) is 8.99. The predicted molar refractivity (Wildman–Crippen MR) is 57.2 cm³/mol. The molecule has 1 aliphatic carbocycles. The van der Waals surface area contributed by atoms with Gasteiger partial charge in [-0.25, -0.2) is 0 Å². The van der Waals surface area contributed by atoms with Gasteiger partial charge in [-0.2, -0.15) is 5.26 Å². The molecule has 1 aromatic carbocycles. The summed E-state index contributed by atoms with van der Waals surface area (Å²) in [6, 6.07) is 10.8. The molecule has 2 nitrogen and oxygen atoms in total. The number of hydrogen-bond donors (Lipinski definition) is 0. The Morgan fingerprint density at radius 2 is 2.14 bits per heavy atom. The zero-order valence-electron chi connectivity index (χ0n) is 8.40. The molecule has 0 amide bonds. The lowest BCUT2D eigenvalue weighted by molar-refractivity contribution is 0.825. The molecule has 0 unspecified atom stereocenters. The minimum Gasteiger partial charge on any atom is -0.368 e. The molecule has 1 saturated carbocycles. The van der Waals surface area contributed by atoms with E-state index in [1.54, 1.807) is 0 Å². The number of rotatable bonds is 3. The van der Waals surface area contributed by atoms with Crippen LogP contribution in [0.2, 0.25) is 0 Å². The van der Waals surface area contributed by atoms with Crippen LogP contribution in [-0.4, -0.2) is 12.6 Å². The molecular weight excluding hydrogens is 172 g/mol. The minimum absolute atomic E-state index is 0.675. The average Bonchev–Trinajstić information content (AvgIpc) is 3.04. The average molecular weight is 186 g/mol. The Labute approximate surface area is 84.8 Å². The fraction of sp³-hybridized carbons (Fsp3) is 0.417. The van der Waals surface area contributed by atoms with E-state index >= 15 is 0 Å². The number of anilines is 1. The van der Waals surface area contributed by atoms with Gasteiger partial charge in [-0.05, 0) is 31.9 Å². The van der Waals surface area contributed by atoms with Crippen LogP contribution in [0.25, 0.3) is 0 Å². The zero-order chi connectivity index (χ0) is 9.97. The van der Waals surface area contributed by atoms with Gasteiger partial charge in [0.2, 0.25) is 0 Å². The summed E-state index contributed by atoms with van der Waals surface area (Å²) < 4.78 is 0. The molecule has 0 aliphatic heterocycles. The molecule has 0 N–H and O–H groups in total. The van der Waals surface area contributed by atoms with Crippen molar-refractivity contribution in [1.82, 2.24) is 0 Å². The number of para-hydroxylation sites is 1. The van der Waals surface area contributed by atoms with E-state index in [-0.39, 0.29) is 0 Å². The van der Waals surface area contributed by atoms with Crippen LogP contribution < -0.4 is 4.90 Å². The number of nitriles is 1. The van der Waals surface area contributed by atoms with Crippen molar-refractivity contribution in [1.29, 1.82) is 5.26 Å². The van der Waals surface area contributed by atoms with E-state index in [0.29, 0.717) is 6.04 Å². The second kappa shape index (κ2) is 3.71. The molecule has 0 radical (unpaired) electrons. The summed E-state index contributed by atoms with van der Waals surface area (Å²) in [7, 11) is 0. The van der Waals surface area contributed by atoms with Crippen molar-refractivity contribution in [2.24, 2.45) is 0 Å². The third kappa shape index (κ3) is 1.58. The van der Waals surface area contributed by atoms with Crippen molar-refractivity contribution in [3.05, 3.63) is 29.8 Å². The molecule has 0 bridgehead atoms. The van der Waals surface area contributed by atoms with Gasteiger partial charge in [-0.15, -0.1) is 0 Å². The van der Waals surface area contributed by atoms with Crippen molar-refractivity contribution < 1.29 is 0 Å². The highest BCUT2D eigenvalue weighted by atomic mass is 15.2. The molecule has 2 heteroatoms. The summed E-state index contributed by atoms with van der Waals surface area (Å²) in [5.74, 6) is 0. The van der Waals surface area contributed by atoms with E-state index in [2.05, 4.69) is 17.9 Å². The molecule has 72 valence electrons. The molecule has 0 saturated heterocycles. The Kier molecular flexibility index (Phi) is 2.41. The highest BCUT2D eigenvalue weighted by Crippen LogP contribution is 2.32. The van der Waals surface area contributed by atoms with E-state index in [1.165, 1.54) is 12.8 Å². The number of benzene rings is 1. The van der Waals surface area contributed by atoms with Gasteiger partial charge < -0.3 is 4.90 Å². The van der Waals surface area contributed by atoms with Gasteiger partial charge in [-0.1, -0.05) is 12.1 Å². The maximum atomic E-state index is 8.99. The fourth-order valence-electron chi connectivity index (χ4n) is 1.83. The first-order valence-electron chi connectivity index (χ1n) is 5.12. The second-order valence-corrected chi connectivity index (χ2v) is 3.65. The van der Waals surface area contributed by atoms with Gasteiger partial charge in [-0.3, -0.25) is 0 Å². The standard InChI is InChI=1S/C12H14N2/c1-2-14(11-7-8-11)12-6-4-3-5-10(12)9-13/h3-6,11H,2,7-8H2,1H3. The lowest BCUT2D eigenvalue weighted by Crippen LogP contribution is -2.25. The molecule has 0 aromatic heterocycles. The molecule has 0 atom stereocenters. The normalized spacial score (nSPS) is 14.9. The molecule has 2 rings (SSSR count). The van der Waals surface area contributed by atoms with E-state index in [0.717, 1.165) is 17.8 Å². The lowest BCUT2D eigenvalue weighted by atomic mass is 10.1. The third-order valence-electron chi connectivity index (χ3n) is 2.66. The van der Waals surface area contributed by atoms with Crippen molar-refractivity contribution in [3.63, 3.8) is 0 Å². The highest BCUT2D eigenvalue weighted by Gasteiger charge is 2.29. The molecule has 0 heterocycles. The fourth-order valence-corrected chi connectivity index (χ4v) is 1.83. The van der Waals surface area contributed by atoms with Crippen LogP contribution in [0.3, 0.4) is 0 Å². The summed E-state index contributed by atoms with van der Waals surface area (Å²) in [4.78, 5) is 2.33. The first kappa shape index (κ1) is 9.08. The quantitative estimate of drug-likeness (QED) is 0.725. The maximum absolute atomic E-state index is 8.99. The van der Waals surface area contributed by atoms with Gasteiger partial charge in [0, 0.05) is 12.6 Å². The van der Waals surface area contributed by atoms with E-state index in [9.17, 15) is 0 Å². The van der Waals surface area contributed by atoms with Crippen LogP contribution in [0, 0.1) is 11.3 Å².